The van der Waals surface area contributed by atoms with Crippen LogP contribution in [0.3, 0.4) is 0 Å². The van der Waals surface area contributed by atoms with Crippen LogP contribution in [0.4, 0.5) is 10.1 Å². The van der Waals surface area contributed by atoms with Gasteiger partial charge in [0.25, 0.3) is 0 Å². The molecule has 0 amide bonds. The second-order valence-corrected chi connectivity index (χ2v) is 3.56. The van der Waals surface area contributed by atoms with E-state index in [4.69, 9.17) is 16.9 Å². The predicted molar refractivity (Wildman–Crippen MR) is 62.8 cm³/mol. The van der Waals surface area contributed by atoms with Gasteiger partial charge in [0.15, 0.2) is 5.82 Å². The van der Waals surface area contributed by atoms with E-state index >= 15 is 0 Å². The van der Waals surface area contributed by atoms with Crippen LogP contribution >= 0.6 is 11.6 Å². The van der Waals surface area contributed by atoms with Gasteiger partial charge in [-0.25, -0.2) is 4.39 Å². The van der Waals surface area contributed by atoms with Gasteiger partial charge in [0.05, 0.1) is 10.7 Å². The quantitative estimate of drug-likeness (QED) is 0.827. The highest BCUT2D eigenvalue weighted by Crippen LogP contribution is 2.22. The molecule has 18 heavy (non-hydrogen) atoms. The summed E-state index contributed by atoms with van der Waals surface area (Å²) in [4.78, 5) is 0. The Bertz CT molecular complexity index is 616. The smallest absolute Gasteiger partial charge is 0.216 e. The lowest BCUT2D eigenvalue weighted by atomic mass is 10.3. The number of hydrogen-bond acceptors (Lipinski definition) is 5. The number of aromatic amines is 1. The van der Waals surface area contributed by atoms with Gasteiger partial charge in [0, 0.05) is 6.20 Å². The normalized spacial score (nSPS) is 11.1. The number of rotatable bonds is 3. The molecule has 8 heteroatoms. The highest BCUT2D eigenvalue weighted by molar-refractivity contribution is 6.31. The van der Waals surface area contributed by atoms with E-state index in [-0.39, 0.29) is 22.1 Å². The van der Waals surface area contributed by atoms with Crippen LogP contribution in [0.1, 0.15) is 5.82 Å². The number of benzene rings is 1. The third-order valence-corrected chi connectivity index (χ3v) is 2.32. The molecule has 0 fully saturated rings. The molecule has 0 aliphatic rings. The maximum atomic E-state index is 13.5. The van der Waals surface area contributed by atoms with Crippen LogP contribution in [0.2, 0.25) is 5.02 Å². The van der Waals surface area contributed by atoms with Crippen molar-refractivity contribution in [2.45, 2.75) is 0 Å². The second-order valence-electron chi connectivity index (χ2n) is 3.15. The summed E-state index contributed by atoms with van der Waals surface area (Å²) in [5.41, 5.74) is 0.266. The SMILES string of the molecule is N#CC(=CNc1cccc(Cl)c1F)c1nn[nH]n1. The molecular weight excluding hydrogens is 259 g/mol. The Hall–Kier alpha value is -2.46. The zero-order valence-electron chi connectivity index (χ0n) is 8.85. The average Bonchev–Trinajstić information content (AvgIpc) is 2.89. The number of nitriles is 1. The number of hydrogen-bond donors (Lipinski definition) is 2. The molecule has 1 aromatic carbocycles. The van der Waals surface area contributed by atoms with Crippen molar-refractivity contribution in [1.82, 2.24) is 20.6 Å². The summed E-state index contributed by atoms with van der Waals surface area (Å²) in [5, 5.41) is 24.3. The van der Waals surface area contributed by atoms with Crippen LogP contribution in [-0.2, 0) is 0 Å². The number of H-pyrrole nitrogens is 1. The number of allylic oxidation sites excluding steroid dienone is 1. The van der Waals surface area contributed by atoms with Gasteiger partial charge in [0.1, 0.15) is 11.6 Å². The van der Waals surface area contributed by atoms with Crippen molar-refractivity contribution < 1.29 is 4.39 Å². The zero-order valence-corrected chi connectivity index (χ0v) is 9.61. The average molecular weight is 265 g/mol. The Labute approximate surface area is 106 Å². The molecule has 0 bridgehead atoms. The molecular formula is C10H6ClFN6. The minimum atomic E-state index is -0.596. The van der Waals surface area contributed by atoms with E-state index in [2.05, 4.69) is 25.9 Å². The Balaban J connectivity index is 2.25. The van der Waals surface area contributed by atoms with Gasteiger partial charge in [0.2, 0.25) is 5.82 Å². The predicted octanol–water partition coefficient (Wildman–Crippen LogP) is 1.97. The largest absolute Gasteiger partial charge is 0.358 e. The van der Waals surface area contributed by atoms with Gasteiger partial charge >= 0.3 is 0 Å². The van der Waals surface area contributed by atoms with Crippen LogP contribution in [0.25, 0.3) is 5.57 Å². The summed E-state index contributed by atoms with van der Waals surface area (Å²) in [5.74, 6) is -0.478. The van der Waals surface area contributed by atoms with Crippen molar-refractivity contribution in [2.24, 2.45) is 0 Å². The zero-order chi connectivity index (χ0) is 13.0. The Morgan fingerprint density at radius 3 is 3.06 bits per heavy atom. The van der Waals surface area contributed by atoms with Gasteiger partial charge in [-0.3, -0.25) is 0 Å². The molecule has 90 valence electrons. The first-order chi connectivity index (χ1) is 8.72. The summed E-state index contributed by atoms with van der Waals surface area (Å²) < 4.78 is 13.5. The minimum absolute atomic E-state index is 0.00790. The topological polar surface area (TPSA) is 90.3 Å². The van der Waals surface area contributed by atoms with Crippen LogP contribution < -0.4 is 5.32 Å². The second kappa shape index (κ2) is 5.25. The molecule has 0 saturated heterocycles. The summed E-state index contributed by atoms with van der Waals surface area (Å²) in [6.45, 7) is 0. The van der Waals surface area contributed by atoms with Gasteiger partial charge in [-0.15, -0.1) is 10.2 Å². The fraction of sp³-hybridized carbons (Fsp3) is 0. The summed E-state index contributed by atoms with van der Waals surface area (Å²) in [7, 11) is 0. The maximum Gasteiger partial charge on any atom is 0.216 e. The Morgan fingerprint density at radius 1 is 1.56 bits per heavy atom. The van der Waals surface area contributed by atoms with Crippen LogP contribution in [-0.4, -0.2) is 20.6 Å². The van der Waals surface area contributed by atoms with E-state index in [1.165, 1.54) is 18.3 Å². The summed E-state index contributed by atoms with van der Waals surface area (Å²) >= 11 is 5.62. The van der Waals surface area contributed by atoms with Gasteiger partial charge in [-0.05, 0) is 17.3 Å². The number of aromatic nitrogens is 4. The van der Waals surface area contributed by atoms with E-state index in [0.717, 1.165) is 0 Å². The van der Waals surface area contributed by atoms with Crippen molar-refractivity contribution in [3.63, 3.8) is 0 Å². The van der Waals surface area contributed by atoms with E-state index in [0.29, 0.717) is 0 Å². The molecule has 0 unspecified atom stereocenters. The van der Waals surface area contributed by atoms with Crippen molar-refractivity contribution >= 4 is 22.9 Å². The first-order valence-corrected chi connectivity index (χ1v) is 5.15. The van der Waals surface area contributed by atoms with E-state index in [1.54, 1.807) is 6.07 Å². The molecule has 0 saturated carbocycles. The molecule has 2 rings (SSSR count). The molecule has 2 aromatic rings. The van der Waals surface area contributed by atoms with Gasteiger partial charge in [-0.1, -0.05) is 17.7 Å². The molecule has 0 atom stereocenters. The first kappa shape index (κ1) is 12.0. The molecule has 2 N–H and O–H groups in total. The Morgan fingerprint density at radius 2 is 2.39 bits per heavy atom. The third kappa shape index (κ3) is 2.44. The van der Waals surface area contributed by atoms with E-state index < -0.39 is 5.82 Å². The number of nitrogens with one attached hydrogen (secondary N) is 2. The lowest BCUT2D eigenvalue weighted by molar-refractivity contribution is 0.632. The van der Waals surface area contributed by atoms with Crippen molar-refractivity contribution in [3.05, 3.63) is 41.1 Å². The highest BCUT2D eigenvalue weighted by atomic mass is 35.5. The van der Waals surface area contributed by atoms with Crippen LogP contribution in [0.5, 0.6) is 0 Å². The minimum Gasteiger partial charge on any atom is -0.358 e. The van der Waals surface area contributed by atoms with Crippen molar-refractivity contribution in [1.29, 1.82) is 5.26 Å². The number of tetrazole rings is 1. The number of halogens is 2. The maximum absolute atomic E-state index is 13.5. The molecule has 0 spiro atoms. The standard InChI is InChI=1S/C10H6ClFN6/c11-7-2-1-3-8(9(7)12)14-5-6(4-13)10-15-17-18-16-10/h1-3,5,14H,(H,15,16,17,18). The van der Waals surface area contributed by atoms with Crippen molar-refractivity contribution in [2.75, 3.05) is 5.32 Å². The van der Waals surface area contributed by atoms with E-state index in [1.807, 2.05) is 6.07 Å². The number of nitrogens with zero attached hydrogens (tertiary/aromatic N) is 4. The highest BCUT2D eigenvalue weighted by Gasteiger charge is 2.08. The molecule has 1 aromatic heterocycles. The van der Waals surface area contributed by atoms with Gasteiger partial charge in [-0.2, -0.15) is 10.5 Å². The molecule has 0 aliphatic heterocycles. The lowest BCUT2D eigenvalue weighted by Gasteiger charge is -2.03. The summed E-state index contributed by atoms with van der Waals surface area (Å²) in [6, 6.07) is 6.37. The van der Waals surface area contributed by atoms with Gasteiger partial charge < -0.3 is 5.32 Å². The lowest BCUT2D eigenvalue weighted by Crippen LogP contribution is -1.95. The number of anilines is 1. The van der Waals surface area contributed by atoms with Crippen LogP contribution in [0.15, 0.2) is 24.4 Å². The molecule has 0 aliphatic carbocycles. The van der Waals surface area contributed by atoms with E-state index in [9.17, 15) is 4.39 Å². The molecule has 6 nitrogen and oxygen atoms in total. The molecule has 0 radical (unpaired) electrons. The Kier molecular flexibility index (Phi) is 3.50. The molecule has 1 heterocycles. The first-order valence-electron chi connectivity index (χ1n) is 4.77. The third-order valence-electron chi connectivity index (χ3n) is 2.03. The summed E-state index contributed by atoms with van der Waals surface area (Å²) in [6.07, 6.45) is 1.28. The monoisotopic (exact) mass is 264 g/mol. The fourth-order valence-corrected chi connectivity index (χ4v) is 1.36. The fourth-order valence-electron chi connectivity index (χ4n) is 1.19. The van der Waals surface area contributed by atoms with Crippen LogP contribution in [0, 0.1) is 17.1 Å². The van der Waals surface area contributed by atoms with Crippen molar-refractivity contribution in [3.8, 4) is 6.07 Å².